The average Bonchev–Trinajstić information content (AvgIpc) is 2.65. The summed E-state index contributed by atoms with van der Waals surface area (Å²) in [6.45, 7) is -0.119. The van der Waals surface area contributed by atoms with E-state index in [9.17, 15) is 14.4 Å². The number of anilines is 1. The van der Waals surface area contributed by atoms with Gasteiger partial charge in [-0.2, -0.15) is 0 Å². The van der Waals surface area contributed by atoms with Gasteiger partial charge in [0, 0.05) is 23.7 Å². The van der Waals surface area contributed by atoms with E-state index in [2.05, 4.69) is 10.6 Å². The topological polar surface area (TPSA) is 84.5 Å². The van der Waals surface area contributed by atoms with Gasteiger partial charge < -0.3 is 15.4 Å². The Hall–Kier alpha value is -2.86. The summed E-state index contributed by atoms with van der Waals surface area (Å²) >= 11 is 6.02. The van der Waals surface area contributed by atoms with Crippen molar-refractivity contribution in [2.75, 3.05) is 11.9 Å². The second-order valence-corrected chi connectivity index (χ2v) is 6.27. The molecule has 0 bridgehead atoms. The number of hydrogen-bond acceptors (Lipinski definition) is 4. The lowest BCUT2D eigenvalue weighted by Gasteiger charge is -2.17. The van der Waals surface area contributed by atoms with Crippen molar-refractivity contribution < 1.29 is 19.1 Å². The summed E-state index contributed by atoms with van der Waals surface area (Å²) in [5, 5.41) is 5.96. The molecule has 26 heavy (non-hydrogen) atoms. The minimum atomic E-state index is -0.586. The third-order valence-electron chi connectivity index (χ3n) is 4.00. The molecule has 0 fully saturated rings. The Kier molecular flexibility index (Phi) is 5.53. The Balaban J connectivity index is 1.51. The van der Waals surface area contributed by atoms with Crippen LogP contribution in [0.1, 0.15) is 27.9 Å². The molecule has 0 saturated carbocycles. The number of carbonyl (C=O) groups excluding carboxylic acids is 3. The molecular formula is C19H17ClN2O4. The molecule has 134 valence electrons. The number of halogens is 1. The molecule has 0 aliphatic carbocycles. The van der Waals surface area contributed by atoms with Gasteiger partial charge in [0.25, 0.3) is 5.91 Å². The molecular weight excluding hydrogens is 356 g/mol. The highest BCUT2D eigenvalue weighted by Gasteiger charge is 2.17. The summed E-state index contributed by atoms with van der Waals surface area (Å²) in [5.41, 5.74) is 2.71. The molecule has 0 unspecified atom stereocenters. The van der Waals surface area contributed by atoms with Crippen LogP contribution in [0.3, 0.4) is 0 Å². The zero-order valence-corrected chi connectivity index (χ0v) is 14.6. The fourth-order valence-corrected chi connectivity index (χ4v) is 2.81. The summed E-state index contributed by atoms with van der Waals surface area (Å²) in [7, 11) is 0. The van der Waals surface area contributed by atoms with Crippen LogP contribution >= 0.6 is 11.6 Å². The number of ether oxygens (including phenoxy) is 1. The molecule has 0 aromatic heterocycles. The fraction of sp³-hybridized carbons (Fsp3) is 0.211. The van der Waals surface area contributed by atoms with Gasteiger partial charge >= 0.3 is 5.97 Å². The van der Waals surface area contributed by atoms with Crippen molar-refractivity contribution in [2.24, 2.45) is 0 Å². The summed E-state index contributed by atoms with van der Waals surface area (Å²) in [5.74, 6) is -1.04. The molecule has 0 radical (unpaired) electrons. The molecule has 2 N–H and O–H groups in total. The predicted molar refractivity (Wildman–Crippen MR) is 97.0 cm³/mol. The van der Waals surface area contributed by atoms with Crippen molar-refractivity contribution in [3.8, 4) is 0 Å². The van der Waals surface area contributed by atoms with Crippen molar-refractivity contribution in [2.45, 2.75) is 19.4 Å². The highest BCUT2D eigenvalue weighted by atomic mass is 35.5. The van der Waals surface area contributed by atoms with Gasteiger partial charge in [-0.25, -0.2) is 4.79 Å². The largest absolute Gasteiger partial charge is 0.452 e. The smallest absolute Gasteiger partial charge is 0.338 e. The Morgan fingerprint density at radius 1 is 1.15 bits per heavy atom. The Morgan fingerprint density at radius 3 is 2.77 bits per heavy atom. The Labute approximate surface area is 155 Å². The number of fused-ring (bicyclic) bond motifs is 1. The number of aryl methyl sites for hydroxylation is 1. The van der Waals surface area contributed by atoms with Gasteiger partial charge in [0.15, 0.2) is 6.61 Å². The quantitative estimate of drug-likeness (QED) is 0.790. The number of nitrogens with one attached hydrogen (secondary N) is 2. The van der Waals surface area contributed by atoms with Crippen LogP contribution in [-0.2, 0) is 27.3 Å². The van der Waals surface area contributed by atoms with Gasteiger partial charge in [0.05, 0.1) is 5.56 Å². The molecule has 1 aliphatic heterocycles. The summed E-state index contributed by atoms with van der Waals surface area (Å²) in [6.07, 6.45) is 0.955. The van der Waals surface area contributed by atoms with Gasteiger partial charge in [-0.15, -0.1) is 0 Å². The van der Waals surface area contributed by atoms with Gasteiger partial charge in [0.2, 0.25) is 5.91 Å². The van der Waals surface area contributed by atoms with Gasteiger partial charge in [-0.3, -0.25) is 9.59 Å². The first-order valence-corrected chi connectivity index (χ1v) is 8.51. The minimum absolute atomic E-state index is 0.0389. The van der Waals surface area contributed by atoms with Crippen LogP contribution in [0.25, 0.3) is 0 Å². The molecule has 2 aromatic carbocycles. The molecule has 0 spiro atoms. The molecule has 2 aromatic rings. The lowest BCUT2D eigenvalue weighted by atomic mass is 10.0. The number of hydrogen-bond donors (Lipinski definition) is 2. The van der Waals surface area contributed by atoms with Gasteiger partial charge in [-0.1, -0.05) is 29.8 Å². The average molecular weight is 373 g/mol. The number of esters is 1. The molecule has 6 nitrogen and oxygen atoms in total. The minimum Gasteiger partial charge on any atom is -0.452 e. The van der Waals surface area contributed by atoms with E-state index in [0.717, 1.165) is 11.1 Å². The number of carbonyl (C=O) groups is 3. The van der Waals surface area contributed by atoms with E-state index in [1.54, 1.807) is 36.4 Å². The number of benzene rings is 2. The first-order valence-electron chi connectivity index (χ1n) is 8.13. The molecule has 0 saturated heterocycles. The van der Waals surface area contributed by atoms with E-state index in [1.165, 1.54) is 0 Å². The maximum Gasteiger partial charge on any atom is 0.338 e. The fourth-order valence-electron chi connectivity index (χ4n) is 2.61. The highest BCUT2D eigenvalue weighted by Crippen LogP contribution is 2.23. The molecule has 2 amide bonds. The van der Waals surface area contributed by atoms with E-state index in [0.29, 0.717) is 29.1 Å². The lowest BCUT2D eigenvalue weighted by Crippen LogP contribution is -2.28. The lowest BCUT2D eigenvalue weighted by molar-refractivity contribution is -0.124. The SMILES string of the molecule is O=C(COC(=O)c1ccc2c(c1)CCC(=O)N2)NCc1ccccc1Cl. The van der Waals surface area contributed by atoms with Crippen LogP contribution in [0.15, 0.2) is 42.5 Å². The Bertz CT molecular complexity index is 866. The van der Waals surface area contributed by atoms with E-state index >= 15 is 0 Å². The predicted octanol–water partition coefficient (Wildman–Crippen LogP) is 2.70. The molecule has 7 heteroatoms. The van der Waals surface area contributed by atoms with Crippen molar-refractivity contribution in [1.29, 1.82) is 0 Å². The van der Waals surface area contributed by atoms with E-state index in [1.807, 2.05) is 6.07 Å². The third-order valence-corrected chi connectivity index (χ3v) is 4.37. The van der Waals surface area contributed by atoms with Crippen LogP contribution in [0.2, 0.25) is 5.02 Å². The second kappa shape index (κ2) is 8.01. The van der Waals surface area contributed by atoms with Crippen LogP contribution < -0.4 is 10.6 Å². The normalized spacial score (nSPS) is 12.7. The van der Waals surface area contributed by atoms with Crippen molar-refractivity contribution in [1.82, 2.24) is 5.32 Å². The summed E-state index contributed by atoms with van der Waals surface area (Å²) in [4.78, 5) is 35.3. The summed E-state index contributed by atoms with van der Waals surface area (Å²) < 4.78 is 5.05. The van der Waals surface area contributed by atoms with E-state index < -0.39 is 11.9 Å². The van der Waals surface area contributed by atoms with E-state index in [-0.39, 0.29) is 19.1 Å². The number of amides is 2. The van der Waals surface area contributed by atoms with Crippen LogP contribution in [0.4, 0.5) is 5.69 Å². The Morgan fingerprint density at radius 2 is 1.96 bits per heavy atom. The van der Waals surface area contributed by atoms with E-state index in [4.69, 9.17) is 16.3 Å². The highest BCUT2D eigenvalue weighted by molar-refractivity contribution is 6.31. The van der Waals surface area contributed by atoms with Crippen LogP contribution in [0.5, 0.6) is 0 Å². The molecule has 3 rings (SSSR count). The second-order valence-electron chi connectivity index (χ2n) is 5.86. The first-order chi connectivity index (χ1) is 12.5. The zero-order valence-electron chi connectivity index (χ0n) is 13.9. The monoisotopic (exact) mass is 372 g/mol. The van der Waals surface area contributed by atoms with Crippen LogP contribution in [-0.4, -0.2) is 24.4 Å². The first kappa shape index (κ1) is 17.9. The van der Waals surface area contributed by atoms with Gasteiger partial charge in [0.1, 0.15) is 0 Å². The summed E-state index contributed by atoms with van der Waals surface area (Å²) in [6, 6.07) is 12.1. The molecule has 1 heterocycles. The maximum absolute atomic E-state index is 12.1. The zero-order chi connectivity index (χ0) is 18.5. The molecule has 0 atom stereocenters. The van der Waals surface area contributed by atoms with Crippen molar-refractivity contribution in [3.63, 3.8) is 0 Å². The van der Waals surface area contributed by atoms with Crippen LogP contribution in [0, 0.1) is 0 Å². The standard InChI is InChI=1S/C19H17ClN2O4/c20-15-4-2-1-3-14(15)10-21-18(24)11-26-19(25)13-5-7-16-12(9-13)6-8-17(23)22-16/h1-5,7,9H,6,8,10-11H2,(H,21,24)(H,22,23). The van der Waals surface area contributed by atoms with Gasteiger partial charge in [-0.05, 0) is 41.8 Å². The third kappa shape index (κ3) is 4.40. The van der Waals surface area contributed by atoms with Crippen molar-refractivity contribution in [3.05, 3.63) is 64.2 Å². The number of rotatable bonds is 5. The molecule has 1 aliphatic rings. The maximum atomic E-state index is 12.1. The van der Waals surface area contributed by atoms with Crippen molar-refractivity contribution >= 4 is 35.1 Å².